The smallest absolute Gasteiger partial charge is 0.251 e. The molecular formula is C13H17N5OS. The average Bonchev–Trinajstić information content (AvgIpc) is 2.83. The van der Waals surface area contributed by atoms with Gasteiger partial charge in [-0.05, 0) is 26.0 Å². The molecular weight excluding hydrogens is 274 g/mol. The minimum absolute atomic E-state index is 0.140. The zero-order valence-electron chi connectivity index (χ0n) is 11.4. The first-order chi connectivity index (χ1) is 9.58. The van der Waals surface area contributed by atoms with Crippen LogP contribution in [0.25, 0.3) is 0 Å². The van der Waals surface area contributed by atoms with Crippen molar-refractivity contribution in [2.45, 2.75) is 20.3 Å². The van der Waals surface area contributed by atoms with Crippen molar-refractivity contribution in [2.24, 2.45) is 5.84 Å². The molecule has 2 rings (SSSR count). The van der Waals surface area contributed by atoms with Gasteiger partial charge in [0.1, 0.15) is 5.82 Å². The van der Waals surface area contributed by atoms with Crippen LogP contribution in [0, 0.1) is 13.8 Å². The predicted molar refractivity (Wildman–Crippen MR) is 79.7 cm³/mol. The van der Waals surface area contributed by atoms with Crippen molar-refractivity contribution in [3.63, 3.8) is 0 Å². The average molecular weight is 291 g/mol. The highest BCUT2D eigenvalue weighted by Crippen LogP contribution is 2.10. The van der Waals surface area contributed by atoms with E-state index in [1.54, 1.807) is 23.5 Å². The third kappa shape index (κ3) is 3.75. The number of pyridine rings is 1. The Morgan fingerprint density at radius 2 is 2.15 bits per heavy atom. The number of hydrogen-bond acceptors (Lipinski definition) is 6. The lowest BCUT2D eigenvalue weighted by molar-refractivity contribution is 0.0954. The molecule has 6 nitrogen and oxygen atoms in total. The van der Waals surface area contributed by atoms with E-state index in [0.717, 1.165) is 22.8 Å². The second-order valence-electron chi connectivity index (χ2n) is 4.39. The number of carbonyl (C=O) groups is 1. The highest BCUT2D eigenvalue weighted by atomic mass is 32.1. The molecule has 4 N–H and O–H groups in total. The summed E-state index contributed by atoms with van der Waals surface area (Å²) in [6.45, 7) is 4.33. The molecule has 0 fully saturated rings. The third-order valence-electron chi connectivity index (χ3n) is 2.70. The molecule has 0 saturated heterocycles. The lowest BCUT2D eigenvalue weighted by Crippen LogP contribution is -2.26. The van der Waals surface area contributed by atoms with Gasteiger partial charge in [-0.25, -0.2) is 15.8 Å². The second kappa shape index (κ2) is 6.44. The van der Waals surface area contributed by atoms with Crippen LogP contribution in [0.3, 0.4) is 0 Å². The van der Waals surface area contributed by atoms with Gasteiger partial charge < -0.3 is 10.7 Å². The fourth-order valence-electron chi connectivity index (χ4n) is 1.80. The van der Waals surface area contributed by atoms with Crippen LogP contribution in [0.2, 0.25) is 0 Å². The van der Waals surface area contributed by atoms with Crippen molar-refractivity contribution in [3.05, 3.63) is 39.5 Å². The molecule has 1 amide bonds. The summed E-state index contributed by atoms with van der Waals surface area (Å²) in [6, 6.07) is 3.35. The second-order valence-corrected chi connectivity index (χ2v) is 5.45. The predicted octanol–water partition coefficient (Wildman–Crippen LogP) is 1.41. The monoisotopic (exact) mass is 291 g/mol. The molecule has 0 aliphatic carbocycles. The van der Waals surface area contributed by atoms with Gasteiger partial charge in [0, 0.05) is 29.6 Å². The van der Waals surface area contributed by atoms with E-state index in [9.17, 15) is 4.79 Å². The van der Waals surface area contributed by atoms with Crippen molar-refractivity contribution in [1.82, 2.24) is 15.3 Å². The highest BCUT2D eigenvalue weighted by molar-refractivity contribution is 7.09. The third-order valence-corrected chi connectivity index (χ3v) is 3.52. The summed E-state index contributed by atoms with van der Waals surface area (Å²) in [5.41, 5.74) is 4.73. The topological polar surface area (TPSA) is 92.9 Å². The standard InChI is InChI=1S/C13H17N5OS/c1-8-5-10(6-12(16-8)18-14)13(19)15-4-3-11-7-20-9(2)17-11/h5-7H,3-4,14H2,1-2H3,(H,15,19)(H,16,18). The molecule has 0 saturated carbocycles. The SMILES string of the molecule is Cc1cc(C(=O)NCCc2csc(C)n2)cc(NN)n1. The summed E-state index contributed by atoms with van der Waals surface area (Å²) in [4.78, 5) is 20.5. The summed E-state index contributed by atoms with van der Waals surface area (Å²) >= 11 is 1.61. The fraction of sp³-hybridized carbons (Fsp3) is 0.308. The number of aromatic nitrogens is 2. The number of rotatable bonds is 5. The molecule has 0 atom stereocenters. The van der Waals surface area contributed by atoms with Gasteiger partial charge in [0.25, 0.3) is 5.91 Å². The van der Waals surface area contributed by atoms with Crippen molar-refractivity contribution in [3.8, 4) is 0 Å². The normalized spacial score (nSPS) is 10.3. The number of hydrazine groups is 1. The van der Waals surface area contributed by atoms with E-state index in [1.165, 1.54) is 0 Å². The molecule has 0 aliphatic heterocycles. The number of nitrogen functional groups attached to an aromatic ring is 1. The van der Waals surface area contributed by atoms with Gasteiger partial charge in [0.2, 0.25) is 0 Å². The van der Waals surface area contributed by atoms with E-state index in [0.29, 0.717) is 17.9 Å². The van der Waals surface area contributed by atoms with Crippen LogP contribution in [-0.2, 0) is 6.42 Å². The lowest BCUT2D eigenvalue weighted by atomic mass is 10.2. The Kier molecular flexibility index (Phi) is 4.65. The summed E-state index contributed by atoms with van der Waals surface area (Å²) in [6.07, 6.45) is 0.724. The summed E-state index contributed by atoms with van der Waals surface area (Å²) in [5.74, 6) is 5.65. The number of thiazole rings is 1. The first kappa shape index (κ1) is 14.4. The van der Waals surface area contributed by atoms with Gasteiger partial charge in [0.15, 0.2) is 0 Å². The molecule has 0 bridgehead atoms. The quantitative estimate of drug-likeness (QED) is 0.572. The maximum atomic E-state index is 12.0. The number of nitrogens with one attached hydrogen (secondary N) is 2. The summed E-state index contributed by atoms with van der Waals surface area (Å²) in [7, 11) is 0. The first-order valence-corrected chi connectivity index (χ1v) is 7.11. The number of aryl methyl sites for hydroxylation is 2. The molecule has 2 aromatic rings. The van der Waals surface area contributed by atoms with Gasteiger partial charge >= 0.3 is 0 Å². The Bertz CT molecular complexity index is 611. The zero-order valence-corrected chi connectivity index (χ0v) is 12.3. The molecule has 20 heavy (non-hydrogen) atoms. The van der Waals surface area contributed by atoms with Crippen molar-refractivity contribution >= 4 is 23.1 Å². The highest BCUT2D eigenvalue weighted by Gasteiger charge is 2.08. The Hall–Kier alpha value is -1.99. The van der Waals surface area contributed by atoms with Crippen LogP contribution in [0.4, 0.5) is 5.82 Å². The molecule has 7 heteroatoms. The minimum atomic E-state index is -0.140. The van der Waals surface area contributed by atoms with E-state index < -0.39 is 0 Å². The molecule has 0 aromatic carbocycles. The van der Waals surface area contributed by atoms with Crippen LogP contribution >= 0.6 is 11.3 Å². The lowest BCUT2D eigenvalue weighted by Gasteiger charge is -2.07. The van der Waals surface area contributed by atoms with Crippen LogP contribution in [-0.4, -0.2) is 22.4 Å². The number of nitrogens with zero attached hydrogens (tertiary/aromatic N) is 2. The molecule has 0 radical (unpaired) electrons. The van der Waals surface area contributed by atoms with E-state index in [-0.39, 0.29) is 5.91 Å². The Labute approximate surface area is 121 Å². The van der Waals surface area contributed by atoms with Crippen molar-refractivity contribution < 1.29 is 4.79 Å². The summed E-state index contributed by atoms with van der Waals surface area (Å²) in [5, 5.41) is 5.91. The first-order valence-electron chi connectivity index (χ1n) is 6.23. The van der Waals surface area contributed by atoms with Crippen LogP contribution < -0.4 is 16.6 Å². The van der Waals surface area contributed by atoms with Crippen LogP contribution in [0.15, 0.2) is 17.5 Å². The number of nitrogens with two attached hydrogens (primary N) is 1. The Balaban J connectivity index is 1.93. The number of amides is 1. The summed E-state index contributed by atoms with van der Waals surface area (Å²) < 4.78 is 0. The van der Waals surface area contributed by atoms with Crippen molar-refractivity contribution in [1.29, 1.82) is 0 Å². The minimum Gasteiger partial charge on any atom is -0.352 e. The largest absolute Gasteiger partial charge is 0.352 e. The number of hydrogen-bond donors (Lipinski definition) is 3. The van der Waals surface area contributed by atoms with E-state index >= 15 is 0 Å². The Morgan fingerprint density at radius 1 is 1.35 bits per heavy atom. The zero-order chi connectivity index (χ0) is 14.5. The fourth-order valence-corrected chi connectivity index (χ4v) is 2.45. The molecule has 0 spiro atoms. The van der Waals surface area contributed by atoms with Crippen LogP contribution in [0.5, 0.6) is 0 Å². The molecule has 0 unspecified atom stereocenters. The van der Waals surface area contributed by atoms with Gasteiger partial charge in [-0.3, -0.25) is 4.79 Å². The molecule has 106 valence electrons. The van der Waals surface area contributed by atoms with Gasteiger partial charge in [-0.15, -0.1) is 11.3 Å². The molecule has 0 aliphatic rings. The van der Waals surface area contributed by atoms with Gasteiger partial charge in [0.05, 0.1) is 10.7 Å². The molecule has 2 aromatic heterocycles. The van der Waals surface area contributed by atoms with Crippen LogP contribution in [0.1, 0.15) is 26.8 Å². The number of carbonyl (C=O) groups excluding carboxylic acids is 1. The van der Waals surface area contributed by atoms with E-state index in [2.05, 4.69) is 20.7 Å². The maximum Gasteiger partial charge on any atom is 0.251 e. The number of anilines is 1. The molecule has 2 heterocycles. The maximum absolute atomic E-state index is 12.0. The Morgan fingerprint density at radius 3 is 2.80 bits per heavy atom. The van der Waals surface area contributed by atoms with Gasteiger partial charge in [-0.2, -0.15) is 0 Å². The van der Waals surface area contributed by atoms with Crippen molar-refractivity contribution in [2.75, 3.05) is 12.0 Å². The van der Waals surface area contributed by atoms with E-state index in [1.807, 2.05) is 19.2 Å². The van der Waals surface area contributed by atoms with E-state index in [4.69, 9.17) is 5.84 Å². The van der Waals surface area contributed by atoms with Gasteiger partial charge in [-0.1, -0.05) is 0 Å².